The van der Waals surface area contributed by atoms with Crippen LogP contribution in [0.25, 0.3) is 0 Å². The van der Waals surface area contributed by atoms with E-state index in [-0.39, 0.29) is 23.1 Å². The SMILES string of the molecule is CCC(C)(C)C(=O)C(=O)N1C2CCCC23C1C(=O)CN3CCOCc1ccccc1. The van der Waals surface area contributed by atoms with E-state index in [2.05, 4.69) is 4.90 Å². The van der Waals surface area contributed by atoms with Gasteiger partial charge in [0.25, 0.3) is 5.91 Å². The lowest BCUT2D eigenvalue weighted by atomic mass is 9.72. The third kappa shape index (κ3) is 3.21. The summed E-state index contributed by atoms with van der Waals surface area (Å²) in [6, 6.07) is 9.53. The zero-order chi connectivity index (χ0) is 21.5. The molecule has 162 valence electrons. The molecule has 0 radical (unpaired) electrons. The number of nitrogens with zero attached hydrogens (tertiary/aromatic N) is 2. The maximum atomic E-state index is 13.1. The van der Waals surface area contributed by atoms with Gasteiger partial charge in [0.05, 0.1) is 31.3 Å². The number of Topliss-reactive ketones (excluding diaryl/α,β-unsaturated/α-hetero) is 2. The molecule has 3 fully saturated rings. The molecule has 6 nitrogen and oxygen atoms in total. The summed E-state index contributed by atoms with van der Waals surface area (Å²) in [7, 11) is 0. The standard InChI is InChI=1S/C24H32N2O4/c1-4-23(2,3)21(28)22(29)26-19-11-8-12-24(19)20(26)18(27)15-25(24)13-14-30-16-17-9-6-5-7-10-17/h5-7,9-10,19-20H,4,8,11-16H2,1-3H3. The normalized spacial score (nSPS) is 28.2. The van der Waals surface area contributed by atoms with Crippen molar-refractivity contribution in [1.82, 2.24) is 9.80 Å². The number of carbonyl (C=O) groups excluding carboxylic acids is 3. The number of amides is 1. The van der Waals surface area contributed by atoms with Crippen LogP contribution in [-0.4, -0.2) is 64.6 Å². The Labute approximate surface area is 178 Å². The summed E-state index contributed by atoms with van der Waals surface area (Å²) < 4.78 is 5.85. The van der Waals surface area contributed by atoms with Gasteiger partial charge in [-0.05, 0) is 31.2 Å². The van der Waals surface area contributed by atoms with Crippen LogP contribution in [0.3, 0.4) is 0 Å². The molecule has 1 aromatic rings. The van der Waals surface area contributed by atoms with E-state index in [0.717, 1.165) is 24.8 Å². The topological polar surface area (TPSA) is 66.9 Å². The highest BCUT2D eigenvalue weighted by Crippen LogP contribution is 2.55. The summed E-state index contributed by atoms with van der Waals surface area (Å²) in [6.07, 6.45) is 3.34. The lowest BCUT2D eigenvalue weighted by Crippen LogP contribution is -2.79. The van der Waals surface area contributed by atoms with Gasteiger partial charge >= 0.3 is 0 Å². The smallest absolute Gasteiger partial charge is 0.291 e. The Morgan fingerprint density at radius 1 is 1.23 bits per heavy atom. The Morgan fingerprint density at radius 2 is 1.97 bits per heavy atom. The molecule has 1 amide bonds. The van der Waals surface area contributed by atoms with Gasteiger partial charge in [0.2, 0.25) is 5.78 Å². The van der Waals surface area contributed by atoms with Crippen molar-refractivity contribution in [2.75, 3.05) is 19.7 Å². The number of likely N-dealkylation sites (tertiary alicyclic amines) is 2. The predicted octanol–water partition coefficient (Wildman–Crippen LogP) is 2.60. The van der Waals surface area contributed by atoms with Crippen LogP contribution >= 0.6 is 0 Å². The molecule has 4 rings (SSSR count). The Hall–Kier alpha value is -2.05. The molecule has 0 aromatic heterocycles. The largest absolute Gasteiger partial charge is 0.375 e. The number of rotatable bonds is 8. The van der Waals surface area contributed by atoms with Gasteiger partial charge in [0.1, 0.15) is 6.04 Å². The first-order chi connectivity index (χ1) is 14.3. The molecular formula is C24H32N2O4. The van der Waals surface area contributed by atoms with E-state index in [9.17, 15) is 14.4 Å². The minimum Gasteiger partial charge on any atom is -0.375 e. The summed E-state index contributed by atoms with van der Waals surface area (Å²) in [5.41, 5.74) is 0.141. The van der Waals surface area contributed by atoms with Crippen molar-refractivity contribution in [2.45, 2.75) is 70.7 Å². The number of ether oxygens (including phenoxy) is 1. The molecule has 6 heteroatoms. The molecule has 0 bridgehead atoms. The second kappa shape index (κ2) is 7.89. The van der Waals surface area contributed by atoms with E-state index in [1.165, 1.54) is 0 Å². The van der Waals surface area contributed by atoms with Crippen molar-refractivity contribution >= 4 is 17.5 Å². The number of hydrogen-bond acceptors (Lipinski definition) is 5. The number of benzene rings is 1. The molecule has 3 atom stereocenters. The molecule has 0 N–H and O–H groups in total. The zero-order valence-corrected chi connectivity index (χ0v) is 18.2. The van der Waals surface area contributed by atoms with Crippen molar-refractivity contribution in [2.24, 2.45) is 5.41 Å². The Kier molecular flexibility index (Phi) is 5.58. The quantitative estimate of drug-likeness (QED) is 0.485. The lowest BCUT2D eigenvalue weighted by molar-refractivity contribution is -0.172. The van der Waals surface area contributed by atoms with Crippen LogP contribution in [-0.2, 0) is 25.7 Å². The van der Waals surface area contributed by atoms with Crippen molar-refractivity contribution in [3.05, 3.63) is 35.9 Å². The highest BCUT2D eigenvalue weighted by Gasteiger charge is 2.73. The molecule has 1 saturated carbocycles. The van der Waals surface area contributed by atoms with E-state index >= 15 is 0 Å². The van der Waals surface area contributed by atoms with E-state index < -0.39 is 17.4 Å². The van der Waals surface area contributed by atoms with Gasteiger partial charge in [0, 0.05) is 12.0 Å². The summed E-state index contributed by atoms with van der Waals surface area (Å²) >= 11 is 0. The highest BCUT2D eigenvalue weighted by molar-refractivity contribution is 6.38. The maximum Gasteiger partial charge on any atom is 0.291 e. The fourth-order valence-electron chi connectivity index (χ4n) is 5.48. The molecule has 2 saturated heterocycles. The lowest BCUT2D eigenvalue weighted by Gasteiger charge is -2.59. The third-order valence-corrected chi connectivity index (χ3v) is 7.50. The monoisotopic (exact) mass is 412 g/mol. The summed E-state index contributed by atoms with van der Waals surface area (Å²) in [4.78, 5) is 42.6. The number of hydrogen-bond donors (Lipinski definition) is 0. The second-order valence-corrected chi connectivity index (χ2v) is 9.51. The minimum atomic E-state index is -0.694. The average molecular weight is 413 g/mol. The van der Waals surface area contributed by atoms with Crippen molar-refractivity contribution in [3.8, 4) is 0 Å². The molecule has 1 spiro atoms. The van der Waals surface area contributed by atoms with Crippen molar-refractivity contribution in [1.29, 1.82) is 0 Å². The number of ketones is 2. The van der Waals surface area contributed by atoms with Crippen LogP contribution in [0.5, 0.6) is 0 Å². The molecule has 30 heavy (non-hydrogen) atoms. The highest BCUT2D eigenvalue weighted by atomic mass is 16.5. The van der Waals surface area contributed by atoms with Crippen LogP contribution in [0.15, 0.2) is 30.3 Å². The van der Waals surface area contributed by atoms with Gasteiger partial charge in [-0.15, -0.1) is 0 Å². The van der Waals surface area contributed by atoms with Gasteiger partial charge in [0.15, 0.2) is 5.78 Å². The molecule has 2 aliphatic heterocycles. The first kappa shape index (κ1) is 21.2. The van der Waals surface area contributed by atoms with Gasteiger partial charge in [-0.25, -0.2) is 0 Å². The molecular weight excluding hydrogens is 380 g/mol. The summed E-state index contributed by atoms with van der Waals surface area (Å²) in [6.45, 7) is 7.63. The molecule has 3 unspecified atom stereocenters. The zero-order valence-electron chi connectivity index (χ0n) is 18.2. The maximum absolute atomic E-state index is 13.1. The van der Waals surface area contributed by atoms with E-state index in [1.807, 2.05) is 51.1 Å². The van der Waals surface area contributed by atoms with Gasteiger partial charge < -0.3 is 9.64 Å². The summed E-state index contributed by atoms with van der Waals surface area (Å²) in [5, 5.41) is 0. The molecule has 1 aliphatic carbocycles. The molecule has 3 aliphatic rings. The average Bonchev–Trinajstić information content (AvgIpc) is 3.20. The predicted molar refractivity (Wildman–Crippen MR) is 113 cm³/mol. The Bertz CT molecular complexity index is 837. The minimum absolute atomic E-state index is 0.0350. The van der Waals surface area contributed by atoms with Crippen LogP contribution in [0.2, 0.25) is 0 Å². The fraction of sp³-hybridized carbons (Fsp3) is 0.625. The second-order valence-electron chi connectivity index (χ2n) is 9.51. The van der Waals surface area contributed by atoms with Crippen molar-refractivity contribution in [3.63, 3.8) is 0 Å². The van der Waals surface area contributed by atoms with Gasteiger partial charge in [-0.2, -0.15) is 0 Å². The van der Waals surface area contributed by atoms with Crippen LogP contribution in [0, 0.1) is 5.41 Å². The summed E-state index contributed by atoms with van der Waals surface area (Å²) in [5.74, 6) is -0.778. The fourth-order valence-corrected chi connectivity index (χ4v) is 5.48. The van der Waals surface area contributed by atoms with Crippen LogP contribution in [0.4, 0.5) is 0 Å². The van der Waals surface area contributed by atoms with E-state index in [1.54, 1.807) is 4.90 Å². The van der Waals surface area contributed by atoms with E-state index in [4.69, 9.17) is 4.74 Å². The molecule has 1 aromatic carbocycles. The van der Waals surface area contributed by atoms with Crippen LogP contribution in [0.1, 0.15) is 52.0 Å². The Balaban J connectivity index is 1.42. The molecule has 2 heterocycles. The van der Waals surface area contributed by atoms with E-state index in [0.29, 0.717) is 32.7 Å². The number of carbonyl (C=O) groups is 3. The van der Waals surface area contributed by atoms with Crippen molar-refractivity contribution < 1.29 is 19.1 Å². The van der Waals surface area contributed by atoms with Gasteiger partial charge in [-0.3, -0.25) is 19.3 Å². The van der Waals surface area contributed by atoms with Gasteiger partial charge in [-0.1, -0.05) is 51.1 Å². The first-order valence-electron chi connectivity index (χ1n) is 11.1. The van der Waals surface area contributed by atoms with Crippen LogP contribution < -0.4 is 0 Å². The first-order valence-corrected chi connectivity index (χ1v) is 11.1. The third-order valence-electron chi connectivity index (χ3n) is 7.50. The Morgan fingerprint density at radius 3 is 2.67 bits per heavy atom.